The maximum atomic E-state index is 2.48. The first-order valence-corrected chi connectivity index (χ1v) is 23.3. The number of hydrogen-bond donors (Lipinski definition) is 0. The fourth-order valence-corrected chi connectivity index (χ4v) is 11.1. The second-order valence-corrected chi connectivity index (χ2v) is 17.9. The van der Waals surface area contributed by atoms with E-state index in [4.69, 9.17) is 0 Å². The second kappa shape index (κ2) is 17.1. The lowest BCUT2D eigenvalue weighted by molar-refractivity contribution is 0.346. The van der Waals surface area contributed by atoms with Gasteiger partial charge < -0.3 is 14.4 Å². The van der Waals surface area contributed by atoms with E-state index in [0.717, 1.165) is 29.9 Å². The maximum Gasteiger partial charge on any atom is 0.0561 e. The minimum Gasteiger partial charge on any atom is -0.311 e. The van der Waals surface area contributed by atoms with E-state index in [1.807, 2.05) is 0 Å². The van der Waals surface area contributed by atoms with Crippen molar-refractivity contribution in [2.45, 2.75) is 75.5 Å². The van der Waals surface area contributed by atoms with E-state index in [9.17, 15) is 0 Å². The molecule has 63 heavy (non-hydrogen) atoms. The number of fused-ring (bicyclic) bond motifs is 3. The van der Waals surface area contributed by atoms with Gasteiger partial charge >= 0.3 is 0 Å². The molecule has 3 nitrogen and oxygen atoms in total. The monoisotopic (exact) mass is 817 g/mol. The number of aromatic nitrogens is 1. The van der Waals surface area contributed by atoms with Gasteiger partial charge in [-0.2, -0.15) is 0 Å². The molecule has 0 spiro atoms. The standard InChI is InChI=1S/C60H55N3/c1-6-18-45(19-7-1)46-28-34-52(35-29-46)62(55-40-41-57-56-26-14-15-27-58(56)63(59(57)44-55)51-24-12-4-13-25-51)54-38-32-48(33-39-54)60(42-16-5-17-43-60)47-30-36-53(37-31-47)61(49-20-8-2-9-21-49)50-22-10-3-11-23-50/h2-4,8-15,20-41,44-45H,1,5-7,16-19,42-43H2. The fraction of sp³-hybridized carbons (Fsp3) is 0.200. The average Bonchev–Trinajstić information content (AvgIpc) is 3.70. The third-order valence-corrected chi connectivity index (χ3v) is 14.2. The first-order chi connectivity index (χ1) is 31.2. The van der Waals surface area contributed by atoms with Crippen molar-refractivity contribution in [3.8, 4) is 5.69 Å². The maximum absolute atomic E-state index is 2.48. The number of anilines is 6. The summed E-state index contributed by atoms with van der Waals surface area (Å²) in [6.07, 6.45) is 12.7. The summed E-state index contributed by atoms with van der Waals surface area (Å²) in [6.45, 7) is 0. The summed E-state index contributed by atoms with van der Waals surface area (Å²) < 4.78 is 2.43. The zero-order valence-corrected chi connectivity index (χ0v) is 36.1. The zero-order chi connectivity index (χ0) is 42.0. The Labute approximate surface area is 372 Å². The van der Waals surface area contributed by atoms with Crippen molar-refractivity contribution in [1.82, 2.24) is 4.57 Å². The van der Waals surface area contributed by atoms with Crippen molar-refractivity contribution < 1.29 is 0 Å². The van der Waals surface area contributed by atoms with E-state index >= 15 is 0 Å². The summed E-state index contributed by atoms with van der Waals surface area (Å²) in [5.74, 6) is 0.666. The van der Waals surface area contributed by atoms with E-state index in [0.29, 0.717) is 5.92 Å². The molecule has 3 heteroatoms. The van der Waals surface area contributed by atoms with Crippen LogP contribution in [0.25, 0.3) is 27.5 Å². The van der Waals surface area contributed by atoms with Crippen molar-refractivity contribution in [2.75, 3.05) is 9.80 Å². The highest BCUT2D eigenvalue weighted by atomic mass is 15.1. The molecule has 1 aromatic heterocycles. The third kappa shape index (κ3) is 7.40. The smallest absolute Gasteiger partial charge is 0.0561 e. The Balaban J connectivity index is 0.995. The lowest BCUT2D eigenvalue weighted by Gasteiger charge is -2.39. The van der Waals surface area contributed by atoms with Gasteiger partial charge in [0.15, 0.2) is 0 Å². The van der Waals surface area contributed by atoms with Gasteiger partial charge in [-0.15, -0.1) is 0 Å². The van der Waals surface area contributed by atoms with E-state index in [-0.39, 0.29) is 5.41 Å². The van der Waals surface area contributed by atoms with Gasteiger partial charge in [0, 0.05) is 56.0 Å². The molecule has 0 saturated heterocycles. The molecule has 11 rings (SSSR count). The van der Waals surface area contributed by atoms with Crippen LogP contribution >= 0.6 is 0 Å². The van der Waals surface area contributed by atoms with Gasteiger partial charge in [0.05, 0.1) is 11.0 Å². The Morgan fingerprint density at radius 3 is 1.40 bits per heavy atom. The molecule has 0 aliphatic heterocycles. The Morgan fingerprint density at radius 1 is 0.365 bits per heavy atom. The average molecular weight is 818 g/mol. The molecule has 0 N–H and O–H groups in total. The molecule has 0 atom stereocenters. The van der Waals surface area contributed by atoms with E-state index in [2.05, 4.69) is 221 Å². The Morgan fingerprint density at radius 2 is 0.810 bits per heavy atom. The molecule has 310 valence electrons. The van der Waals surface area contributed by atoms with Gasteiger partial charge in [-0.3, -0.25) is 0 Å². The fourth-order valence-electron chi connectivity index (χ4n) is 11.1. The first kappa shape index (κ1) is 39.0. The Bertz CT molecular complexity index is 2880. The lowest BCUT2D eigenvalue weighted by atomic mass is 9.65. The Hall–Kier alpha value is -6.84. The molecule has 2 fully saturated rings. The van der Waals surface area contributed by atoms with Gasteiger partial charge in [0.1, 0.15) is 0 Å². The summed E-state index contributed by atoms with van der Waals surface area (Å²) >= 11 is 0. The highest BCUT2D eigenvalue weighted by molar-refractivity contribution is 6.10. The predicted molar refractivity (Wildman–Crippen MR) is 266 cm³/mol. The van der Waals surface area contributed by atoms with E-state index in [1.165, 1.54) is 113 Å². The van der Waals surface area contributed by atoms with Gasteiger partial charge in [-0.25, -0.2) is 0 Å². The van der Waals surface area contributed by atoms with Crippen LogP contribution in [0.4, 0.5) is 34.1 Å². The SMILES string of the molecule is c1ccc(N(c2ccccc2)c2ccc(C3(c4ccc(N(c5ccc(C6CCCCC6)cc5)c5ccc6c7ccccc7n(-c7ccccc7)c6c5)cc4)CCCCC3)cc2)cc1. The van der Waals surface area contributed by atoms with Crippen LogP contribution in [0.15, 0.2) is 206 Å². The minimum absolute atomic E-state index is 0.0400. The molecule has 8 aromatic carbocycles. The summed E-state index contributed by atoms with van der Waals surface area (Å²) in [5.41, 5.74) is 14.9. The summed E-state index contributed by atoms with van der Waals surface area (Å²) in [5, 5.41) is 2.54. The van der Waals surface area contributed by atoms with Crippen molar-refractivity contribution in [3.05, 3.63) is 223 Å². The van der Waals surface area contributed by atoms with Crippen molar-refractivity contribution in [2.24, 2.45) is 0 Å². The largest absolute Gasteiger partial charge is 0.311 e. The summed E-state index contributed by atoms with van der Waals surface area (Å²) in [7, 11) is 0. The molecule has 2 aliphatic rings. The van der Waals surface area contributed by atoms with Gasteiger partial charge in [-0.1, -0.05) is 154 Å². The van der Waals surface area contributed by atoms with Crippen LogP contribution in [-0.4, -0.2) is 4.57 Å². The molecule has 1 heterocycles. The summed E-state index contributed by atoms with van der Waals surface area (Å²) in [6, 6.07) is 76.8. The van der Waals surface area contributed by atoms with Crippen LogP contribution in [0.1, 0.15) is 86.8 Å². The summed E-state index contributed by atoms with van der Waals surface area (Å²) in [4.78, 5) is 4.84. The normalized spacial score (nSPS) is 15.4. The van der Waals surface area contributed by atoms with Crippen LogP contribution in [0.3, 0.4) is 0 Å². The lowest BCUT2D eigenvalue weighted by Crippen LogP contribution is -2.30. The van der Waals surface area contributed by atoms with Crippen molar-refractivity contribution in [3.63, 3.8) is 0 Å². The molecule has 0 bridgehead atoms. The molecular weight excluding hydrogens is 763 g/mol. The van der Waals surface area contributed by atoms with Crippen LogP contribution in [0.5, 0.6) is 0 Å². The highest BCUT2D eigenvalue weighted by Crippen LogP contribution is 2.48. The quantitative estimate of drug-likeness (QED) is 0.136. The molecule has 2 saturated carbocycles. The number of hydrogen-bond acceptors (Lipinski definition) is 2. The van der Waals surface area contributed by atoms with Gasteiger partial charge in [0.25, 0.3) is 0 Å². The number of para-hydroxylation sites is 4. The van der Waals surface area contributed by atoms with Crippen LogP contribution < -0.4 is 9.80 Å². The van der Waals surface area contributed by atoms with Crippen LogP contribution in [0.2, 0.25) is 0 Å². The molecule has 0 unspecified atom stereocenters. The molecule has 0 radical (unpaired) electrons. The van der Waals surface area contributed by atoms with E-state index in [1.54, 1.807) is 0 Å². The number of rotatable bonds is 10. The highest BCUT2D eigenvalue weighted by Gasteiger charge is 2.36. The van der Waals surface area contributed by atoms with Crippen molar-refractivity contribution >= 4 is 55.9 Å². The third-order valence-electron chi connectivity index (χ3n) is 14.2. The van der Waals surface area contributed by atoms with Gasteiger partial charge in [-0.05, 0) is 139 Å². The zero-order valence-electron chi connectivity index (χ0n) is 36.1. The first-order valence-electron chi connectivity index (χ1n) is 23.3. The molecular formula is C60H55N3. The van der Waals surface area contributed by atoms with Crippen LogP contribution in [-0.2, 0) is 5.41 Å². The number of benzene rings is 8. The van der Waals surface area contributed by atoms with Crippen molar-refractivity contribution in [1.29, 1.82) is 0 Å². The Kier molecular flexibility index (Phi) is 10.6. The van der Waals surface area contributed by atoms with Crippen LogP contribution in [0, 0.1) is 0 Å². The van der Waals surface area contributed by atoms with Gasteiger partial charge in [0.2, 0.25) is 0 Å². The van der Waals surface area contributed by atoms with E-state index < -0.39 is 0 Å². The molecule has 2 aliphatic carbocycles. The second-order valence-electron chi connectivity index (χ2n) is 17.9. The molecule has 0 amide bonds. The minimum atomic E-state index is -0.0400. The number of nitrogens with zero attached hydrogens (tertiary/aromatic N) is 3. The topological polar surface area (TPSA) is 11.4 Å². The molecule has 9 aromatic rings. The predicted octanol–water partition coefficient (Wildman–Crippen LogP) is 17.0.